The van der Waals surface area contributed by atoms with E-state index in [0.717, 1.165) is 4.47 Å². The molecule has 0 saturated heterocycles. The molecule has 1 N–H and O–H groups in total. The van der Waals surface area contributed by atoms with Gasteiger partial charge >= 0.3 is 12.0 Å². The first-order chi connectivity index (χ1) is 11.4. The van der Waals surface area contributed by atoms with Crippen molar-refractivity contribution in [2.75, 3.05) is 20.8 Å². The number of carbonyl (C=O) groups is 2. The number of nitrogens with one attached hydrogen (secondary N) is 1. The van der Waals surface area contributed by atoms with Crippen LogP contribution in [0.4, 0.5) is 4.79 Å². The Morgan fingerprint density at radius 2 is 2.17 bits per heavy atom. The second kappa shape index (κ2) is 7.53. The Morgan fingerprint density at radius 3 is 2.75 bits per heavy atom. The minimum atomic E-state index is -0.668. The molecule has 2 amide bonds. The van der Waals surface area contributed by atoms with Gasteiger partial charge in [0.1, 0.15) is 5.75 Å². The van der Waals surface area contributed by atoms with Crippen LogP contribution >= 0.6 is 15.9 Å². The van der Waals surface area contributed by atoms with Gasteiger partial charge in [0.15, 0.2) is 0 Å². The molecule has 0 spiro atoms. The number of methoxy groups -OCH3 is 2. The van der Waals surface area contributed by atoms with Crippen molar-refractivity contribution in [1.29, 1.82) is 0 Å². The summed E-state index contributed by atoms with van der Waals surface area (Å²) in [5.41, 5.74) is 1.55. The summed E-state index contributed by atoms with van der Waals surface area (Å²) in [6.07, 6.45) is 1.60. The van der Waals surface area contributed by atoms with E-state index < -0.39 is 12.0 Å². The maximum absolute atomic E-state index is 12.4. The Bertz CT molecular complexity index is 715. The van der Waals surface area contributed by atoms with Crippen molar-refractivity contribution in [3.8, 4) is 5.75 Å². The quantitative estimate of drug-likeness (QED) is 0.615. The predicted octanol–water partition coefficient (Wildman–Crippen LogP) is 3.16. The van der Waals surface area contributed by atoms with Crippen LogP contribution in [0.5, 0.6) is 5.75 Å². The molecule has 1 aliphatic heterocycles. The molecule has 128 valence electrons. The lowest BCUT2D eigenvalue weighted by molar-refractivity contribution is -0.136. The maximum atomic E-state index is 12.4. The number of nitrogens with zero attached hydrogens (tertiary/aromatic N) is 1. The van der Waals surface area contributed by atoms with Crippen molar-refractivity contribution in [2.24, 2.45) is 0 Å². The van der Waals surface area contributed by atoms with Crippen LogP contribution in [0.1, 0.15) is 18.5 Å². The fraction of sp³-hybridized carbons (Fsp3) is 0.294. The van der Waals surface area contributed by atoms with Crippen molar-refractivity contribution < 1.29 is 19.1 Å². The summed E-state index contributed by atoms with van der Waals surface area (Å²) in [6.45, 7) is 5.65. The Labute approximate surface area is 149 Å². The van der Waals surface area contributed by atoms with Crippen LogP contribution in [-0.2, 0) is 9.53 Å². The topological polar surface area (TPSA) is 67.9 Å². The number of benzene rings is 1. The SMILES string of the molecule is C=CCN1C(=O)N[C@@H](c2cc(Br)ccc2OC)C(C(=O)OC)=C1C. The van der Waals surface area contributed by atoms with E-state index in [1.54, 1.807) is 19.1 Å². The second-order valence-corrected chi connectivity index (χ2v) is 6.07. The first-order valence-corrected chi connectivity index (χ1v) is 8.05. The molecule has 0 aromatic heterocycles. The molecule has 0 fully saturated rings. The molecule has 0 aliphatic carbocycles. The average Bonchev–Trinajstić information content (AvgIpc) is 2.57. The maximum Gasteiger partial charge on any atom is 0.337 e. The van der Waals surface area contributed by atoms with Crippen molar-refractivity contribution in [1.82, 2.24) is 10.2 Å². The molecule has 7 heteroatoms. The first kappa shape index (κ1) is 18.1. The lowest BCUT2D eigenvalue weighted by atomic mass is 9.94. The zero-order chi connectivity index (χ0) is 17.9. The van der Waals surface area contributed by atoms with Crippen molar-refractivity contribution in [3.63, 3.8) is 0 Å². The summed E-state index contributed by atoms with van der Waals surface area (Å²) in [7, 11) is 2.85. The van der Waals surface area contributed by atoms with Crippen LogP contribution in [0, 0.1) is 0 Å². The van der Waals surface area contributed by atoms with Crippen molar-refractivity contribution in [2.45, 2.75) is 13.0 Å². The molecule has 6 nitrogen and oxygen atoms in total. The van der Waals surface area contributed by atoms with Gasteiger partial charge in [-0.2, -0.15) is 0 Å². The normalized spacial score (nSPS) is 17.4. The highest BCUT2D eigenvalue weighted by Gasteiger charge is 2.37. The minimum Gasteiger partial charge on any atom is -0.496 e. The van der Waals surface area contributed by atoms with Gasteiger partial charge in [0, 0.05) is 22.3 Å². The van der Waals surface area contributed by atoms with E-state index in [1.165, 1.54) is 19.1 Å². The molecule has 0 unspecified atom stereocenters. The van der Waals surface area contributed by atoms with E-state index in [1.807, 2.05) is 12.1 Å². The van der Waals surface area contributed by atoms with Gasteiger partial charge in [0.25, 0.3) is 0 Å². The minimum absolute atomic E-state index is 0.292. The number of esters is 1. The van der Waals surface area contributed by atoms with Crippen molar-refractivity contribution in [3.05, 3.63) is 52.2 Å². The second-order valence-electron chi connectivity index (χ2n) is 5.16. The fourth-order valence-electron chi connectivity index (χ4n) is 2.67. The molecule has 24 heavy (non-hydrogen) atoms. The molecule has 1 aromatic rings. The Balaban J connectivity index is 2.64. The number of carbonyl (C=O) groups excluding carboxylic acids is 2. The summed E-state index contributed by atoms with van der Waals surface area (Å²) < 4.78 is 11.1. The van der Waals surface area contributed by atoms with Crippen LogP contribution in [0.2, 0.25) is 0 Å². The lowest BCUT2D eigenvalue weighted by Gasteiger charge is -2.35. The van der Waals surface area contributed by atoms with E-state index >= 15 is 0 Å². The number of hydrogen-bond acceptors (Lipinski definition) is 4. The first-order valence-electron chi connectivity index (χ1n) is 7.26. The van der Waals surface area contributed by atoms with Gasteiger partial charge in [-0.1, -0.05) is 22.0 Å². The molecule has 1 atom stereocenters. The molecular formula is C17H19BrN2O4. The highest BCUT2D eigenvalue weighted by molar-refractivity contribution is 9.10. The van der Waals surface area contributed by atoms with Crippen LogP contribution < -0.4 is 10.1 Å². The summed E-state index contributed by atoms with van der Waals surface area (Å²) in [5.74, 6) is 0.0588. The molecule has 0 bridgehead atoms. The zero-order valence-electron chi connectivity index (χ0n) is 13.8. The number of urea groups is 1. The smallest absolute Gasteiger partial charge is 0.337 e. The van der Waals surface area contributed by atoms with Gasteiger partial charge in [0.2, 0.25) is 0 Å². The Hall–Kier alpha value is -2.28. The molecule has 0 radical (unpaired) electrons. The summed E-state index contributed by atoms with van der Waals surface area (Å²) in [5, 5.41) is 2.84. The molecule has 1 heterocycles. The molecular weight excluding hydrogens is 376 g/mol. The number of rotatable bonds is 5. The highest BCUT2D eigenvalue weighted by atomic mass is 79.9. The van der Waals surface area contributed by atoms with Crippen LogP contribution in [0.25, 0.3) is 0 Å². The number of amides is 2. The number of hydrogen-bond donors (Lipinski definition) is 1. The predicted molar refractivity (Wildman–Crippen MR) is 93.6 cm³/mol. The van der Waals surface area contributed by atoms with Gasteiger partial charge < -0.3 is 14.8 Å². The van der Waals surface area contributed by atoms with Crippen LogP contribution in [0.3, 0.4) is 0 Å². The summed E-state index contributed by atoms with van der Waals surface area (Å²) >= 11 is 3.41. The number of ether oxygens (including phenoxy) is 2. The Kier molecular flexibility index (Phi) is 5.66. The third-order valence-electron chi connectivity index (χ3n) is 3.82. The van der Waals surface area contributed by atoms with Crippen LogP contribution in [-0.4, -0.2) is 37.7 Å². The van der Waals surface area contributed by atoms with Gasteiger partial charge in [-0.3, -0.25) is 4.90 Å². The zero-order valence-corrected chi connectivity index (χ0v) is 15.3. The number of halogens is 1. The monoisotopic (exact) mass is 394 g/mol. The molecule has 2 rings (SSSR count). The van der Waals surface area contributed by atoms with E-state index in [0.29, 0.717) is 29.1 Å². The van der Waals surface area contributed by atoms with Gasteiger partial charge in [-0.05, 0) is 25.1 Å². The van der Waals surface area contributed by atoms with Gasteiger partial charge in [-0.15, -0.1) is 6.58 Å². The van der Waals surface area contributed by atoms with E-state index in [-0.39, 0.29) is 6.03 Å². The third kappa shape index (κ3) is 3.31. The highest BCUT2D eigenvalue weighted by Crippen LogP contribution is 2.37. The lowest BCUT2D eigenvalue weighted by Crippen LogP contribution is -2.48. The third-order valence-corrected chi connectivity index (χ3v) is 4.31. The van der Waals surface area contributed by atoms with E-state index in [4.69, 9.17) is 9.47 Å². The van der Waals surface area contributed by atoms with Gasteiger partial charge in [-0.25, -0.2) is 9.59 Å². The summed E-state index contributed by atoms with van der Waals surface area (Å²) in [6, 6.07) is 4.42. The average molecular weight is 395 g/mol. The van der Waals surface area contributed by atoms with Crippen molar-refractivity contribution >= 4 is 27.9 Å². The van der Waals surface area contributed by atoms with E-state index in [9.17, 15) is 9.59 Å². The molecule has 1 aromatic carbocycles. The van der Waals surface area contributed by atoms with Crippen LogP contribution in [0.15, 0.2) is 46.6 Å². The largest absolute Gasteiger partial charge is 0.496 e. The molecule has 1 aliphatic rings. The standard InChI is InChI=1S/C17H19BrN2O4/c1-5-8-20-10(2)14(16(21)24-4)15(19-17(20)22)12-9-11(18)6-7-13(12)23-3/h5-7,9,15H,1,8H2,2-4H3,(H,19,22)/t15-/m0/s1. The number of allylic oxidation sites excluding steroid dienone is 1. The molecule has 0 saturated carbocycles. The van der Waals surface area contributed by atoms with E-state index in [2.05, 4.69) is 27.8 Å². The Morgan fingerprint density at radius 1 is 1.46 bits per heavy atom. The summed E-state index contributed by atoms with van der Waals surface area (Å²) in [4.78, 5) is 26.3. The fourth-order valence-corrected chi connectivity index (χ4v) is 3.05. The van der Waals surface area contributed by atoms with Gasteiger partial charge in [0.05, 0.1) is 25.8 Å².